The molecule has 3 rings (SSSR count). The Morgan fingerprint density at radius 1 is 1.20 bits per heavy atom. The minimum atomic E-state index is -0.593. The summed E-state index contributed by atoms with van der Waals surface area (Å²) in [6, 6.07) is 1.73. The monoisotopic (exact) mass is 276 g/mol. The van der Waals surface area contributed by atoms with Crippen molar-refractivity contribution in [3.8, 4) is 5.75 Å². The van der Waals surface area contributed by atoms with Crippen LogP contribution in [-0.2, 0) is 14.8 Å². The Morgan fingerprint density at radius 2 is 1.75 bits per heavy atom. The molecule has 3 N–H and O–H groups in total. The molecule has 1 saturated carbocycles. The van der Waals surface area contributed by atoms with Crippen LogP contribution in [0.2, 0.25) is 0 Å². The minimum absolute atomic E-state index is 0.103. The molecule has 0 radical (unpaired) electrons. The van der Waals surface area contributed by atoms with Gasteiger partial charge < -0.3 is 20.1 Å². The van der Waals surface area contributed by atoms with Gasteiger partial charge in [-0.25, -0.2) is 0 Å². The largest absolute Gasteiger partial charge is 0.506 e. The first-order chi connectivity index (χ1) is 9.16. The van der Waals surface area contributed by atoms with Gasteiger partial charge in [0.15, 0.2) is 0 Å². The van der Waals surface area contributed by atoms with Crippen molar-refractivity contribution in [2.45, 2.75) is 57.3 Å². The molecule has 5 nitrogen and oxygen atoms in total. The Hall–Kier alpha value is -1.11. The standard InChI is InChI=1S/C14H21BN2O3/c1-12(2)13(3,4)20-15(19-12)9-5-8-17-11(10(9)18)14(16)6-7-14/h5,8,18H,6-7,16H2,1-4H3. The fourth-order valence-electron chi connectivity index (χ4n) is 2.36. The highest BCUT2D eigenvalue weighted by molar-refractivity contribution is 6.63. The summed E-state index contributed by atoms with van der Waals surface area (Å²) in [6.45, 7) is 7.93. The van der Waals surface area contributed by atoms with Crippen LogP contribution in [-0.4, -0.2) is 28.4 Å². The maximum Gasteiger partial charge on any atom is 0.498 e. The van der Waals surface area contributed by atoms with E-state index in [4.69, 9.17) is 15.0 Å². The van der Waals surface area contributed by atoms with E-state index in [9.17, 15) is 5.11 Å². The second-order valence-electron chi connectivity index (χ2n) is 6.84. The molecule has 20 heavy (non-hydrogen) atoms. The molecule has 1 aliphatic heterocycles. The minimum Gasteiger partial charge on any atom is -0.506 e. The molecule has 108 valence electrons. The number of aromatic hydroxyl groups is 1. The van der Waals surface area contributed by atoms with Crippen molar-refractivity contribution < 1.29 is 14.4 Å². The fraction of sp³-hybridized carbons (Fsp3) is 0.643. The van der Waals surface area contributed by atoms with Crippen molar-refractivity contribution in [3.63, 3.8) is 0 Å². The highest BCUT2D eigenvalue weighted by atomic mass is 16.7. The Labute approximate surface area is 119 Å². The van der Waals surface area contributed by atoms with E-state index in [1.807, 2.05) is 27.7 Å². The smallest absolute Gasteiger partial charge is 0.498 e. The van der Waals surface area contributed by atoms with Gasteiger partial charge in [-0.1, -0.05) is 0 Å². The van der Waals surface area contributed by atoms with Crippen molar-refractivity contribution in [1.29, 1.82) is 0 Å². The number of rotatable bonds is 2. The summed E-state index contributed by atoms with van der Waals surface area (Å²) in [6.07, 6.45) is 3.35. The number of hydrogen-bond acceptors (Lipinski definition) is 5. The SMILES string of the molecule is CC1(C)OB(c2ccnc(C3(N)CC3)c2O)OC1(C)C. The summed E-state index contributed by atoms with van der Waals surface area (Å²) in [7, 11) is -0.593. The molecule has 0 bridgehead atoms. The summed E-state index contributed by atoms with van der Waals surface area (Å²) in [4.78, 5) is 4.23. The Kier molecular flexibility index (Phi) is 2.75. The zero-order valence-corrected chi connectivity index (χ0v) is 12.4. The van der Waals surface area contributed by atoms with Gasteiger partial charge in [-0.3, -0.25) is 4.98 Å². The predicted molar refractivity (Wildman–Crippen MR) is 76.7 cm³/mol. The van der Waals surface area contributed by atoms with Crippen molar-refractivity contribution in [3.05, 3.63) is 18.0 Å². The molecule has 2 fully saturated rings. The Morgan fingerprint density at radius 3 is 2.25 bits per heavy atom. The molecule has 0 aromatic carbocycles. The van der Waals surface area contributed by atoms with Crippen LogP contribution in [0.5, 0.6) is 5.75 Å². The molecule has 1 aromatic rings. The van der Waals surface area contributed by atoms with E-state index in [2.05, 4.69) is 4.98 Å². The summed E-state index contributed by atoms with van der Waals surface area (Å²) in [5.74, 6) is 0.103. The van der Waals surface area contributed by atoms with Crippen LogP contribution in [0.15, 0.2) is 12.3 Å². The van der Waals surface area contributed by atoms with Gasteiger partial charge in [0, 0.05) is 11.7 Å². The first-order valence-electron chi connectivity index (χ1n) is 6.99. The highest BCUT2D eigenvalue weighted by Gasteiger charge is 2.53. The van der Waals surface area contributed by atoms with E-state index in [1.165, 1.54) is 0 Å². The molecule has 0 spiro atoms. The first-order valence-corrected chi connectivity index (χ1v) is 6.99. The van der Waals surface area contributed by atoms with Crippen LogP contribution in [0.1, 0.15) is 46.2 Å². The van der Waals surface area contributed by atoms with Crippen LogP contribution in [0.3, 0.4) is 0 Å². The number of aromatic nitrogens is 1. The van der Waals surface area contributed by atoms with E-state index in [0.29, 0.717) is 11.2 Å². The average Bonchev–Trinajstić information content (AvgIpc) is 3.01. The number of pyridine rings is 1. The highest BCUT2D eigenvalue weighted by Crippen LogP contribution is 2.45. The average molecular weight is 276 g/mol. The van der Waals surface area contributed by atoms with Crippen molar-refractivity contribution >= 4 is 12.6 Å². The maximum absolute atomic E-state index is 10.5. The zero-order chi connectivity index (χ0) is 14.8. The normalized spacial score (nSPS) is 25.8. The topological polar surface area (TPSA) is 77.6 Å². The summed E-state index contributed by atoms with van der Waals surface area (Å²) in [5, 5.41) is 10.5. The first kappa shape index (κ1) is 13.9. The van der Waals surface area contributed by atoms with Crippen molar-refractivity contribution in [2.24, 2.45) is 5.73 Å². The van der Waals surface area contributed by atoms with E-state index in [1.54, 1.807) is 12.3 Å². The quantitative estimate of drug-likeness (QED) is 0.789. The number of nitrogens with two attached hydrogens (primary N) is 1. The lowest BCUT2D eigenvalue weighted by atomic mass is 9.78. The molecule has 1 aromatic heterocycles. The lowest BCUT2D eigenvalue weighted by Gasteiger charge is -2.32. The van der Waals surface area contributed by atoms with E-state index in [-0.39, 0.29) is 5.75 Å². The fourth-order valence-corrected chi connectivity index (χ4v) is 2.36. The summed E-state index contributed by atoms with van der Waals surface area (Å²) in [5.41, 5.74) is 5.93. The van der Waals surface area contributed by atoms with Gasteiger partial charge in [0.1, 0.15) is 11.4 Å². The summed E-state index contributed by atoms with van der Waals surface area (Å²) >= 11 is 0. The lowest BCUT2D eigenvalue weighted by Crippen LogP contribution is -2.41. The third-order valence-electron chi connectivity index (χ3n) is 4.72. The van der Waals surface area contributed by atoms with Gasteiger partial charge >= 0.3 is 7.12 Å². The number of nitrogens with zero attached hydrogens (tertiary/aromatic N) is 1. The third-order valence-corrected chi connectivity index (χ3v) is 4.72. The van der Waals surface area contributed by atoms with E-state index in [0.717, 1.165) is 12.8 Å². The van der Waals surface area contributed by atoms with Gasteiger partial charge in [0.25, 0.3) is 0 Å². The van der Waals surface area contributed by atoms with Crippen LogP contribution in [0.4, 0.5) is 0 Å². The molecule has 0 unspecified atom stereocenters. The van der Waals surface area contributed by atoms with E-state index >= 15 is 0 Å². The van der Waals surface area contributed by atoms with Gasteiger partial charge in [-0.05, 0) is 46.6 Å². The molecule has 0 amide bonds. The van der Waals surface area contributed by atoms with Gasteiger partial charge in [0.2, 0.25) is 0 Å². The second kappa shape index (κ2) is 3.96. The molecule has 1 aliphatic carbocycles. The maximum atomic E-state index is 10.5. The van der Waals surface area contributed by atoms with Crippen LogP contribution in [0, 0.1) is 0 Å². The second-order valence-corrected chi connectivity index (χ2v) is 6.84. The van der Waals surface area contributed by atoms with Crippen LogP contribution in [0.25, 0.3) is 0 Å². The van der Waals surface area contributed by atoms with Crippen LogP contribution < -0.4 is 11.2 Å². The Balaban J connectivity index is 1.97. The van der Waals surface area contributed by atoms with E-state index < -0.39 is 23.9 Å². The predicted octanol–water partition coefficient (Wildman–Crippen LogP) is 1.03. The third kappa shape index (κ3) is 1.94. The van der Waals surface area contributed by atoms with Gasteiger partial charge in [0.05, 0.1) is 16.7 Å². The lowest BCUT2D eigenvalue weighted by molar-refractivity contribution is 0.00578. The molecule has 2 aliphatic rings. The molecular formula is C14H21BN2O3. The Bertz CT molecular complexity index is 539. The number of hydrogen-bond donors (Lipinski definition) is 2. The van der Waals surface area contributed by atoms with Gasteiger partial charge in [-0.15, -0.1) is 0 Å². The molecule has 0 atom stereocenters. The summed E-state index contributed by atoms with van der Waals surface area (Å²) < 4.78 is 11.9. The molecule has 1 saturated heterocycles. The van der Waals surface area contributed by atoms with Crippen molar-refractivity contribution in [2.75, 3.05) is 0 Å². The van der Waals surface area contributed by atoms with Crippen LogP contribution >= 0.6 is 0 Å². The molecule has 2 heterocycles. The molecular weight excluding hydrogens is 255 g/mol. The van der Waals surface area contributed by atoms with Crippen molar-refractivity contribution in [1.82, 2.24) is 4.98 Å². The zero-order valence-electron chi connectivity index (χ0n) is 12.4. The van der Waals surface area contributed by atoms with Gasteiger partial charge in [-0.2, -0.15) is 0 Å². The molecule has 6 heteroatoms.